The van der Waals surface area contributed by atoms with Gasteiger partial charge in [0.15, 0.2) is 0 Å². The number of carbonyl (C=O) groups excluding carboxylic acids is 1. The fourth-order valence-electron chi connectivity index (χ4n) is 4.43. The number of nitrogens with zero attached hydrogens (tertiary/aromatic N) is 3. The van der Waals surface area contributed by atoms with Gasteiger partial charge < -0.3 is 14.7 Å². The standard InChI is InChI=1S/C28H33N3O3/c1-22-12-13-29-25(18-22)20-34-21-26(32)19-30-14-16-31(17-15-30)28(33)27(23-8-4-2-5-9-23)24-10-6-3-7-11-24/h2-13,18,26-27,32H,14-17,19-21H2,1H3. The van der Waals surface area contributed by atoms with E-state index in [-0.39, 0.29) is 18.4 Å². The van der Waals surface area contributed by atoms with Crippen LogP contribution in [0.5, 0.6) is 0 Å². The van der Waals surface area contributed by atoms with Crippen LogP contribution in [0.1, 0.15) is 28.3 Å². The first-order valence-electron chi connectivity index (χ1n) is 11.9. The quantitative estimate of drug-likeness (QED) is 0.532. The highest BCUT2D eigenvalue weighted by atomic mass is 16.5. The molecule has 1 N–H and O–H groups in total. The Bertz CT molecular complexity index is 998. The van der Waals surface area contributed by atoms with Crippen molar-refractivity contribution < 1.29 is 14.6 Å². The lowest BCUT2D eigenvalue weighted by Crippen LogP contribution is -2.51. The minimum Gasteiger partial charge on any atom is -0.389 e. The van der Waals surface area contributed by atoms with Gasteiger partial charge in [0.05, 0.1) is 30.9 Å². The summed E-state index contributed by atoms with van der Waals surface area (Å²) in [7, 11) is 0. The van der Waals surface area contributed by atoms with Crippen molar-refractivity contribution in [2.45, 2.75) is 25.6 Å². The molecule has 6 nitrogen and oxygen atoms in total. The molecule has 0 bridgehead atoms. The SMILES string of the molecule is Cc1ccnc(COCC(O)CN2CCN(C(=O)C(c3ccccc3)c3ccccc3)CC2)c1. The molecule has 6 heteroatoms. The molecule has 1 aliphatic heterocycles. The summed E-state index contributed by atoms with van der Waals surface area (Å²) in [5.74, 6) is -0.172. The average molecular weight is 460 g/mol. The van der Waals surface area contributed by atoms with E-state index in [0.717, 1.165) is 35.5 Å². The number of aryl methyl sites for hydroxylation is 1. The zero-order valence-electron chi connectivity index (χ0n) is 19.7. The lowest BCUT2D eigenvalue weighted by atomic mass is 9.90. The highest BCUT2D eigenvalue weighted by Gasteiger charge is 2.30. The molecule has 2 heterocycles. The van der Waals surface area contributed by atoms with E-state index in [1.807, 2.05) is 84.6 Å². The third kappa shape index (κ3) is 6.50. The van der Waals surface area contributed by atoms with E-state index >= 15 is 0 Å². The Hall–Kier alpha value is -3.06. The minimum atomic E-state index is -0.576. The molecule has 1 atom stereocenters. The van der Waals surface area contributed by atoms with Gasteiger partial charge in [-0.05, 0) is 35.7 Å². The topological polar surface area (TPSA) is 65.9 Å². The molecule has 0 spiro atoms. The highest BCUT2D eigenvalue weighted by Crippen LogP contribution is 2.27. The number of aromatic nitrogens is 1. The number of β-amino-alcohol motifs (C(OH)–C–C–N with tert-alkyl or cyclic N) is 1. The third-order valence-electron chi connectivity index (χ3n) is 6.20. The van der Waals surface area contributed by atoms with E-state index in [1.54, 1.807) is 6.20 Å². The summed E-state index contributed by atoms with van der Waals surface area (Å²) in [6.07, 6.45) is 1.19. The highest BCUT2D eigenvalue weighted by molar-refractivity contribution is 5.87. The van der Waals surface area contributed by atoms with Gasteiger partial charge >= 0.3 is 0 Å². The number of aliphatic hydroxyl groups excluding tert-OH is 1. The lowest BCUT2D eigenvalue weighted by Gasteiger charge is -2.37. The van der Waals surface area contributed by atoms with Crippen LogP contribution in [0.4, 0.5) is 0 Å². The number of carbonyl (C=O) groups is 1. The van der Waals surface area contributed by atoms with Gasteiger partial charge in [-0.2, -0.15) is 0 Å². The summed E-state index contributed by atoms with van der Waals surface area (Å²) in [5.41, 5.74) is 4.03. The van der Waals surface area contributed by atoms with Gasteiger partial charge in [0, 0.05) is 38.9 Å². The van der Waals surface area contributed by atoms with E-state index in [1.165, 1.54) is 0 Å². The Labute approximate surface area is 201 Å². The number of piperazine rings is 1. The van der Waals surface area contributed by atoms with Crippen molar-refractivity contribution >= 4 is 5.91 Å². The molecular weight excluding hydrogens is 426 g/mol. The second kappa shape index (κ2) is 11.9. The summed E-state index contributed by atoms with van der Waals surface area (Å²) in [6.45, 7) is 5.97. The lowest BCUT2D eigenvalue weighted by molar-refractivity contribution is -0.133. The molecule has 0 aliphatic carbocycles. The van der Waals surface area contributed by atoms with Crippen molar-refractivity contribution in [3.8, 4) is 0 Å². The first-order chi connectivity index (χ1) is 16.6. The van der Waals surface area contributed by atoms with Gasteiger partial charge in [0.25, 0.3) is 0 Å². The molecule has 2 aromatic carbocycles. The number of hydrogen-bond donors (Lipinski definition) is 1. The molecule has 0 saturated carbocycles. The Morgan fingerprint density at radius 2 is 1.59 bits per heavy atom. The Kier molecular flexibility index (Phi) is 8.41. The molecule has 178 valence electrons. The van der Waals surface area contributed by atoms with Crippen LogP contribution < -0.4 is 0 Å². The van der Waals surface area contributed by atoms with Gasteiger partial charge in [-0.25, -0.2) is 0 Å². The summed E-state index contributed by atoms with van der Waals surface area (Å²) < 4.78 is 5.66. The van der Waals surface area contributed by atoms with E-state index in [4.69, 9.17) is 4.74 Å². The number of hydrogen-bond acceptors (Lipinski definition) is 5. The van der Waals surface area contributed by atoms with Crippen LogP contribution in [0.2, 0.25) is 0 Å². The van der Waals surface area contributed by atoms with Crippen molar-refractivity contribution in [3.05, 3.63) is 101 Å². The van der Waals surface area contributed by atoms with E-state index in [2.05, 4.69) is 9.88 Å². The number of amides is 1. The number of benzene rings is 2. The van der Waals surface area contributed by atoms with Gasteiger partial charge in [0.1, 0.15) is 0 Å². The molecule has 34 heavy (non-hydrogen) atoms. The van der Waals surface area contributed by atoms with Crippen LogP contribution in [0.15, 0.2) is 79.0 Å². The molecule has 1 saturated heterocycles. The monoisotopic (exact) mass is 459 g/mol. The van der Waals surface area contributed by atoms with Crippen molar-refractivity contribution in [2.75, 3.05) is 39.3 Å². The van der Waals surface area contributed by atoms with Crippen LogP contribution in [-0.2, 0) is 16.1 Å². The number of pyridine rings is 1. The Balaban J connectivity index is 1.28. The van der Waals surface area contributed by atoms with Crippen molar-refractivity contribution in [1.29, 1.82) is 0 Å². The van der Waals surface area contributed by atoms with Gasteiger partial charge in [-0.1, -0.05) is 60.7 Å². The summed E-state index contributed by atoms with van der Waals surface area (Å²) in [6, 6.07) is 23.9. The van der Waals surface area contributed by atoms with Crippen molar-refractivity contribution in [3.63, 3.8) is 0 Å². The van der Waals surface area contributed by atoms with E-state index in [0.29, 0.717) is 26.2 Å². The van der Waals surface area contributed by atoms with Crippen molar-refractivity contribution in [1.82, 2.24) is 14.8 Å². The summed E-state index contributed by atoms with van der Waals surface area (Å²) >= 11 is 0. The molecule has 3 aromatic rings. The molecule has 0 radical (unpaired) electrons. The summed E-state index contributed by atoms with van der Waals surface area (Å²) in [4.78, 5) is 22.0. The second-order valence-electron chi connectivity index (χ2n) is 8.87. The maximum Gasteiger partial charge on any atom is 0.234 e. The maximum absolute atomic E-state index is 13.6. The molecule has 1 unspecified atom stereocenters. The molecule has 1 amide bonds. The average Bonchev–Trinajstić information content (AvgIpc) is 2.86. The predicted molar refractivity (Wildman–Crippen MR) is 132 cm³/mol. The molecular formula is C28H33N3O3. The molecule has 4 rings (SSSR count). The number of rotatable bonds is 9. The predicted octanol–water partition coefficient (Wildman–Crippen LogP) is 3.24. The van der Waals surface area contributed by atoms with Crippen LogP contribution in [0.25, 0.3) is 0 Å². The molecule has 1 fully saturated rings. The van der Waals surface area contributed by atoms with Crippen molar-refractivity contribution in [2.24, 2.45) is 0 Å². The minimum absolute atomic E-state index is 0.131. The molecule has 1 aromatic heterocycles. The van der Waals surface area contributed by atoms with Crippen LogP contribution in [0.3, 0.4) is 0 Å². The fourth-order valence-corrected chi connectivity index (χ4v) is 4.43. The van der Waals surface area contributed by atoms with Gasteiger partial charge in [-0.15, -0.1) is 0 Å². The zero-order valence-corrected chi connectivity index (χ0v) is 19.7. The normalized spacial score (nSPS) is 15.4. The summed E-state index contributed by atoms with van der Waals surface area (Å²) in [5, 5.41) is 10.4. The number of ether oxygens (including phenoxy) is 1. The zero-order chi connectivity index (χ0) is 23.8. The van der Waals surface area contributed by atoms with Crippen LogP contribution >= 0.6 is 0 Å². The first kappa shape index (κ1) is 24.1. The van der Waals surface area contributed by atoms with Gasteiger partial charge in [-0.3, -0.25) is 14.7 Å². The first-order valence-corrected chi connectivity index (χ1v) is 11.9. The molecule has 1 aliphatic rings. The van der Waals surface area contributed by atoms with Crippen LogP contribution in [-0.4, -0.2) is 71.2 Å². The van der Waals surface area contributed by atoms with E-state index in [9.17, 15) is 9.90 Å². The van der Waals surface area contributed by atoms with Gasteiger partial charge in [0.2, 0.25) is 5.91 Å². The third-order valence-corrected chi connectivity index (χ3v) is 6.20. The maximum atomic E-state index is 13.6. The Morgan fingerprint density at radius 3 is 2.18 bits per heavy atom. The van der Waals surface area contributed by atoms with Crippen LogP contribution in [0, 0.1) is 6.92 Å². The van der Waals surface area contributed by atoms with E-state index < -0.39 is 6.10 Å². The second-order valence-corrected chi connectivity index (χ2v) is 8.87. The fraction of sp³-hybridized carbons (Fsp3) is 0.357. The Morgan fingerprint density at radius 1 is 0.971 bits per heavy atom. The number of aliphatic hydroxyl groups is 1. The smallest absolute Gasteiger partial charge is 0.234 e. The largest absolute Gasteiger partial charge is 0.389 e.